The van der Waals surface area contributed by atoms with Crippen LogP contribution in [0.2, 0.25) is 5.02 Å². The number of nitrogens with two attached hydrogens (primary N) is 2. The Balaban J connectivity index is 0.000000214. The first-order valence-electron chi connectivity index (χ1n) is 21.3. The first-order valence-corrected chi connectivity index (χ1v) is 24.6. The van der Waals surface area contributed by atoms with Crippen molar-refractivity contribution in [2.45, 2.75) is 48.8 Å². The van der Waals surface area contributed by atoms with Crippen LogP contribution in [0.15, 0.2) is 155 Å². The number of rotatable bonds is 12. The number of aromatic nitrogens is 4. The third kappa shape index (κ3) is 11.0. The summed E-state index contributed by atoms with van der Waals surface area (Å²) in [5, 5.41) is 21.0. The first kappa shape index (κ1) is 52.3. The maximum absolute atomic E-state index is 13.6. The highest BCUT2D eigenvalue weighted by atomic mass is 35.5. The number of nitrogen functional groups attached to an aromatic ring is 2. The van der Waals surface area contributed by atoms with Gasteiger partial charge in [0.15, 0.2) is 11.4 Å². The molecule has 7 aromatic rings. The summed E-state index contributed by atoms with van der Waals surface area (Å²) in [6.07, 6.45) is -8.00. The van der Waals surface area contributed by atoms with Gasteiger partial charge in [-0.05, 0) is 111 Å². The second-order valence-electron chi connectivity index (χ2n) is 15.7. The molecule has 6 N–H and O–H groups in total. The summed E-state index contributed by atoms with van der Waals surface area (Å²) in [6.45, 7) is 3.79. The number of hydrogen-bond acceptors (Lipinski definition) is 12. The van der Waals surface area contributed by atoms with E-state index in [0.717, 1.165) is 49.6 Å². The predicted molar refractivity (Wildman–Crippen MR) is 257 cm³/mol. The van der Waals surface area contributed by atoms with Crippen molar-refractivity contribution >= 4 is 71.7 Å². The van der Waals surface area contributed by atoms with E-state index in [2.05, 4.69) is 30.7 Å². The zero-order valence-corrected chi connectivity index (χ0v) is 40.0. The van der Waals surface area contributed by atoms with Crippen molar-refractivity contribution in [3.05, 3.63) is 158 Å². The molecule has 1 fully saturated rings. The molecule has 1 aliphatic heterocycles. The molecule has 3 heterocycles. The van der Waals surface area contributed by atoms with Crippen molar-refractivity contribution in [2.75, 3.05) is 35.4 Å². The number of alkyl halides is 6. The molecule has 2 aromatic heterocycles. The minimum atomic E-state index is -4.73. The SMILES string of the molecule is CCN(c1ccc(C(F)(F)F)cc1)S(=O)(=O)c1ccccc1N=Nc1c(N)[nH]n(-c2cc(C)ccc2Cl)c1=O.Nc1[nH]n(-c2ccccc2)c(=O)c1N=Nc1cc(C(F)(F)F)ccc1S(=O)(=O)N1CCCC1. The van der Waals surface area contributed by atoms with Crippen LogP contribution in [0.4, 0.5) is 66.4 Å². The predicted octanol–water partition coefficient (Wildman–Crippen LogP) is 10.3. The Morgan fingerprint density at radius 1 is 0.653 bits per heavy atom. The van der Waals surface area contributed by atoms with Crippen LogP contribution >= 0.6 is 11.6 Å². The first-order chi connectivity index (χ1) is 33.9. The van der Waals surface area contributed by atoms with Crippen LogP contribution in [-0.4, -0.2) is 60.3 Å². The Morgan fingerprint density at radius 2 is 1.19 bits per heavy atom. The van der Waals surface area contributed by atoms with Gasteiger partial charge < -0.3 is 11.5 Å². The molecular weight excluding hydrogens is 1020 g/mol. The third-order valence-electron chi connectivity index (χ3n) is 10.8. The molecule has 27 heteroatoms. The summed E-state index contributed by atoms with van der Waals surface area (Å²) < 4.78 is 136. The molecule has 0 bridgehead atoms. The topological polar surface area (TPSA) is 252 Å². The second-order valence-corrected chi connectivity index (χ2v) is 19.8. The number of nitrogens with zero attached hydrogens (tertiary/aromatic N) is 8. The Morgan fingerprint density at radius 3 is 1.79 bits per heavy atom. The molecule has 0 spiro atoms. The molecular formula is C45H41ClF6N12O6S2. The lowest BCUT2D eigenvalue weighted by Crippen LogP contribution is -2.30. The van der Waals surface area contributed by atoms with Gasteiger partial charge in [0.1, 0.15) is 32.8 Å². The molecule has 0 radical (unpaired) electrons. The smallest absolute Gasteiger partial charge is 0.382 e. The monoisotopic (exact) mass is 1060 g/mol. The average molecular weight is 1060 g/mol. The van der Waals surface area contributed by atoms with E-state index in [-0.39, 0.29) is 63.9 Å². The van der Waals surface area contributed by atoms with E-state index >= 15 is 0 Å². The van der Waals surface area contributed by atoms with Crippen LogP contribution in [-0.2, 0) is 32.4 Å². The standard InChI is InChI=1S/C25H22ClF3N6O3S.C20H19F3N6O3S/c1-3-34(17-11-9-16(10-12-17)25(27,28)29)39(37,38)21-7-5-4-6-19(21)31-32-22-23(30)33-35(24(22)36)20-14-15(2)8-13-18(20)26;21-20(22,23)13-8-9-16(33(31,32)28-10-4-5-11-28)15(12-13)25-26-17-18(24)27-29(19(17)30)14-6-2-1-3-7-14/h4-14,33H,3,30H2,1-2H3;1-3,6-9,12,27H,4-5,10-11,24H2. The fourth-order valence-electron chi connectivity index (χ4n) is 7.26. The highest BCUT2D eigenvalue weighted by molar-refractivity contribution is 7.93. The van der Waals surface area contributed by atoms with Gasteiger partial charge in [0.25, 0.3) is 10.0 Å². The lowest BCUT2D eigenvalue weighted by atomic mass is 10.2. The van der Waals surface area contributed by atoms with Crippen LogP contribution in [0.25, 0.3) is 11.4 Å². The number of halogens is 7. The van der Waals surface area contributed by atoms with Gasteiger partial charge in [-0.25, -0.2) is 26.2 Å². The third-order valence-corrected chi connectivity index (χ3v) is 15.0. The van der Waals surface area contributed by atoms with Crippen LogP contribution in [0.3, 0.4) is 0 Å². The second kappa shape index (κ2) is 20.7. The fourth-order valence-corrected chi connectivity index (χ4v) is 10.7. The minimum absolute atomic E-state index is 0.0324. The highest BCUT2D eigenvalue weighted by Gasteiger charge is 2.35. The summed E-state index contributed by atoms with van der Waals surface area (Å²) in [5.74, 6) is -0.301. The number of sulfonamides is 2. The van der Waals surface area contributed by atoms with Crippen LogP contribution in [0.1, 0.15) is 36.5 Å². The fraction of sp³-hybridized carbons (Fsp3) is 0.200. The molecule has 8 rings (SSSR count). The number of para-hydroxylation sites is 1. The number of benzene rings is 5. The number of hydrogen-bond donors (Lipinski definition) is 4. The summed E-state index contributed by atoms with van der Waals surface area (Å²) in [5.41, 5.74) is 8.82. The molecule has 18 nitrogen and oxygen atoms in total. The van der Waals surface area contributed by atoms with Gasteiger partial charge in [-0.2, -0.15) is 30.6 Å². The Kier molecular flexibility index (Phi) is 15.0. The number of H-pyrrole nitrogens is 2. The Bertz CT molecular complexity index is 3540. The Hall–Kier alpha value is -7.55. The molecule has 72 heavy (non-hydrogen) atoms. The zero-order valence-electron chi connectivity index (χ0n) is 37.6. The minimum Gasteiger partial charge on any atom is -0.382 e. The van der Waals surface area contributed by atoms with E-state index in [0.29, 0.717) is 36.3 Å². The van der Waals surface area contributed by atoms with Gasteiger partial charge in [-0.15, -0.1) is 20.5 Å². The van der Waals surface area contributed by atoms with Gasteiger partial charge >= 0.3 is 23.5 Å². The Labute approximate surface area is 411 Å². The van der Waals surface area contributed by atoms with Gasteiger partial charge in [0, 0.05) is 19.6 Å². The van der Waals surface area contributed by atoms with Gasteiger partial charge in [-0.1, -0.05) is 48.0 Å². The van der Waals surface area contributed by atoms with Gasteiger partial charge in [0.05, 0.1) is 33.2 Å². The van der Waals surface area contributed by atoms with Gasteiger partial charge in [-0.3, -0.25) is 24.1 Å². The molecule has 0 atom stereocenters. The lowest BCUT2D eigenvalue weighted by molar-refractivity contribution is -0.138. The largest absolute Gasteiger partial charge is 0.416 e. The van der Waals surface area contributed by atoms with E-state index in [1.807, 2.05) is 6.92 Å². The quantitative estimate of drug-likeness (QED) is 0.0675. The van der Waals surface area contributed by atoms with E-state index in [9.17, 15) is 52.8 Å². The lowest BCUT2D eigenvalue weighted by Gasteiger charge is -2.23. The average Bonchev–Trinajstić information content (AvgIpc) is 4.06. The van der Waals surface area contributed by atoms with Crippen molar-refractivity contribution in [3.8, 4) is 11.4 Å². The van der Waals surface area contributed by atoms with Crippen LogP contribution < -0.4 is 26.9 Å². The molecule has 1 aliphatic rings. The molecule has 0 unspecified atom stereocenters. The van der Waals surface area contributed by atoms with Crippen molar-refractivity contribution in [2.24, 2.45) is 20.5 Å². The number of aryl methyl sites for hydroxylation is 1. The van der Waals surface area contributed by atoms with E-state index in [4.69, 9.17) is 23.1 Å². The molecule has 0 saturated carbocycles. The summed E-state index contributed by atoms with van der Waals surface area (Å²) in [7, 11) is -8.40. The molecule has 5 aromatic carbocycles. The highest BCUT2D eigenvalue weighted by Crippen LogP contribution is 2.38. The van der Waals surface area contributed by atoms with E-state index in [1.165, 1.54) is 28.6 Å². The number of aromatic amines is 2. The number of nitrogens with one attached hydrogen (secondary N) is 2. The van der Waals surface area contributed by atoms with Crippen molar-refractivity contribution in [3.63, 3.8) is 0 Å². The number of anilines is 3. The van der Waals surface area contributed by atoms with E-state index < -0.39 is 65.2 Å². The molecule has 0 amide bonds. The van der Waals surface area contributed by atoms with Crippen LogP contribution in [0.5, 0.6) is 0 Å². The maximum atomic E-state index is 13.6. The van der Waals surface area contributed by atoms with Gasteiger partial charge in [0.2, 0.25) is 10.0 Å². The van der Waals surface area contributed by atoms with Crippen LogP contribution in [0, 0.1) is 6.92 Å². The molecule has 378 valence electrons. The normalized spacial score (nSPS) is 13.7. The summed E-state index contributed by atoms with van der Waals surface area (Å²) in [4.78, 5) is 25.0. The van der Waals surface area contributed by atoms with Crippen molar-refractivity contribution in [1.82, 2.24) is 23.9 Å². The maximum Gasteiger partial charge on any atom is 0.416 e. The zero-order chi connectivity index (χ0) is 52.3. The molecule has 1 saturated heterocycles. The van der Waals surface area contributed by atoms with Crippen molar-refractivity contribution < 1.29 is 43.2 Å². The summed E-state index contributed by atoms with van der Waals surface area (Å²) >= 11 is 6.23. The van der Waals surface area contributed by atoms with E-state index in [1.54, 1.807) is 55.5 Å². The summed E-state index contributed by atoms with van der Waals surface area (Å²) in [6, 6.07) is 25.0. The number of azo groups is 2. The van der Waals surface area contributed by atoms with Crippen molar-refractivity contribution in [1.29, 1.82) is 0 Å². The molecule has 0 aliphatic carbocycles.